The lowest BCUT2D eigenvalue weighted by Gasteiger charge is -2.48. The first-order valence-electron chi connectivity index (χ1n) is 13.6. The molecule has 1 aliphatic carbocycles. The molecule has 4 amide bonds. The molecule has 0 spiro atoms. The second-order valence-corrected chi connectivity index (χ2v) is 12.8. The highest BCUT2D eigenvalue weighted by Crippen LogP contribution is 2.38. The molecule has 11 nitrogen and oxygen atoms in total. The predicted octanol–water partition coefficient (Wildman–Crippen LogP) is 4.61. The second-order valence-electron chi connectivity index (χ2n) is 12.8. The summed E-state index contributed by atoms with van der Waals surface area (Å²) in [6.07, 6.45) is 3.58. The zero-order valence-corrected chi connectivity index (χ0v) is 24.3. The van der Waals surface area contributed by atoms with Crippen molar-refractivity contribution in [3.05, 3.63) is 17.8 Å². The van der Waals surface area contributed by atoms with Crippen molar-refractivity contribution in [3.63, 3.8) is 0 Å². The zero-order chi connectivity index (χ0) is 29.1. The molecule has 2 fully saturated rings. The third-order valence-corrected chi connectivity index (χ3v) is 6.71. The largest absolute Gasteiger partial charge is 0.444 e. The quantitative estimate of drug-likeness (QED) is 0.470. The van der Waals surface area contributed by atoms with E-state index in [0.717, 1.165) is 25.7 Å². The number of likely N-dealkylation sites (tertiary alicyclic amines) is 1. The van der Waals surface area contributed by atoms with E-state index in [-0.39, 0.29) is 23.9 Å². The Bertz CT molecular complexity index is 1090. The Morgan fingerprint density at radius 1 is 0.949 bits per heavy atom. The summed E-state index contributed by atoms with van der Waals surface area (Å²) in [6, 6.07) is 1.58. The van der Waals surface area contributed by atoms with Crippen LogP contribution in [0.2, 0.25) is 0 Å². The van der Waals surface area contributed by atoms with E-state index < -0.39 is 35.2 Å². The first kappa shape index (κ1) is 30.2. The molecule has 3 N–H and O–H groups in total. The molecule has 2 aliphatic rings. The second kappa shape index (κ2) is 11.8. The van der Waals surface area contributed by atoms with Gasteiger partial charge < -0.3 is 25.0 Å². The summed E-state index contributed by atoms with van der Waals surface area (Å²) in [5.74, 6) is -0.514. The van der Waals surface area contributed by atoms with Gasteiger partial charge in [0.15, 0.2) is 0 Å². The van der Waals surface area contributed by atoms with E-state index >= 15 is 0 Å². The van der Waals surface area contributed by atoms with Crippen molar-refractivity contribution in [1.82, 2.24) is 15.2 Å². The van der Waals surface area contributed by atoms with E-state index in [4.69, 9.17) is 9.47 Å². The van der Waals surface area contributed by atoms with Crippen LogP contribution in [0.25, 0.3) is 0 Å². The number of aryl methyl sites for hydroxylation is 1. The molecule has 2 atom stereocenters. The fourth-order valence-electron chi connectivity index (χ4n) is 4.95. The molecule has 0 aromatic carbocycles. The summed E-state index contributed by atoms with van der Waals surface area (Å²) in [5, 5.41) is 8.14. The molecule has 1 aliphatic heterocycles. The Labute approximate surface area is 230 Å². The average molecular weight is 546 g/mol. The van der Waals surface area contributed by atoms with Gasteiger partial charge >= 0.3 is 24.0 Å². The molecule has 3 rings (SSSR count). The summed E-state index contributed by atoms with van der Waals surface area (Å²) in [5.41, 5.74) is -0.252. The van der Waals surface area contributed by atoms with Crippen molar-refractivity contribution in [1.29, 1.82) is 0 Å². The standard InChI is InChI=1S/C28H43N5O6/c1-16-9-10-21(18-12-19(13-18)31-25(36)38-27(3,4)5)33(15-16)24(35)23(34)30-20-11-17(2)22(29-14-20)32-26(37)39-28(6,7)8/h11,14,16,18-19,21H,9-10,12-13,15H2,1-8H3,(H,30,34)(H,31,36)(H,29,32,37)/t16-,18-,19-,21-/m0/s1. The number of rotatable bonds is 4. The van der Waals surface area contributed by atoms with Crippen LogP contribution >= 0.6 is 0 Å². The number of anilines is 2. The Hall–Kier alpha value is -3.37. The van der Waals surface area contributed by atoms with Crippen molar-refractivity contribution in [2.45, 2.75) is 104 Å². The molecule has 0 bridgehead atoms. The maximum absolute atomic E-state index is 13.3. The molecule has 1 saturated carbocycles. The Morgan fingerprint density at radius 2 is 1.56 bits per heavy atom. The molecule has 216 valence electrons. The number of hydrogen-bond acceptors (Lipinski definition) is 7. The summed E-state index contributed by atoms with van der Waals surface area (Å²) in [6.45, 7) is 15.1. The molecule has 39 heavy (non-hydrogen) atoms. The van der Waals surface area contributed by atoms with Gasteiger partial charge in [0.05, 0.1) is 11.9 Å². The van der Waals surface area contributed by atoms with Crippen LogP contribution in [0.4, 0.5) is 21.1 Å². The Kier molecular flexibility index (Phi) is 9.12. The van der Waals surface area contributed by atoms with Gasteiger partial charge in [0.1, 0.15) is 17.0 Å². The Morgan fingerprint density at radius 3 is 2.15 bits per heavy atom. The van der Waals surface area contributed by atoms with Crippen LogP contribution in [0.15, 0.2) is 12.3 Å². The fourth-order valence-corrected chi connectivity index (χ4v) is 4.95. The zero-order valence-electron chi connectivity index (χ0n) is 24.3. The van der Waals surface area contributed by atoms with Gasteiger partial charge in [-0.2, -0.15) is 0 Å². The van der Waals surface area contributed by atoms with Gasteiger partial charge in [-0.3, -0.25) is 14.9 Å². The molecule has 2 heterocycles. The smallest absolute Gasteiger partial charge is 0.413 e. The minimum atomic E-state index is -0.731. The van der Waals surface area contributed by atoms with Gasteiger partial charge in [0, 0.05) is 18.6 Å². The number of hydrogen-bond donors (Lipinski definition) is 3. The topological polar surface area (TPSA) is 139 Å². The maximum atomic E-state index is 13.3. The van der Waals surface area contributed by atoms with Gasteiger partial charge in [-0.05, 0) is 97.6 Å². The van der Waals surface area contributed by atoms with E-state index in [9.17, 15) is 19.2 Å². The van der Waals surface area contributed by atoms with Crippen LogP contribution in [0.1, 0.15) is 79.7 Å². The van der Waals surface area contributed by atoms with E-state index in [1.807, 2.05) is 20.8 Å². The first-order chi connectivity index (χ1) is 18.0. The highest BCUT2D eigenvalue weighted by Gasteiger charge is 2.43. The van der Waals surface area contributed by atoms with Gasteiger partial charge in [-0.15, -0.1) is 0 Å². The summed E-state index contributed by atoms with van der Waals surface area (Å²) >= 11 is 0. The van der Waals surface area contributed by atoms with E-state index in [1.165, 1.54) is 6.20 Å². The fraction of sp³-hybridized carbons (Fsp3) is 0.679. The minimum absolute atomic E-state index is 0.00293. The molecule has 1 aromatic rings. The molecule has 0 unspecified atom stereocenters. The van der Waals surface area contributed by atoms with Crippen molar-refractivity contribution >= 4 is 35.5 Å². The first-order valence-corrected chi connectivity index (χ1v) is 13.6. The van der Waals surface area contributed by atoms with E-state index in [0.29, 0.717) is 23.6 Å². The lowest BCUT2D eigenvalue weighted by atomic mass is 9.72. The molecule has 1 aromatic heterocycles. The lowest BCUT2D eigenvalue weighted by molar-refractivity contribution is -0.148. The molecular weight excluding hydrogens is 502 g/mol. The number of amides is 4. The highest BCUT2D eigenvalue weighted by molar-refractivity contribution is 6.39. The van der Waals surface area contributed by atoms with Gasteiger partial charge in [0.2, 0.25) is 0 Å². The number of nitrogens with zero attached hydrogens (tertiary/aromatic N) is 2. The van der Waals surface area contributed by atoms with Crippen LogP contribution in [0.3, 0.4) is 0 Å². The summed E-state index contributed by atoms with van der Waals surface area (Å²) < 4.78 is 10.6. The SMILES string of the molecule is Cc1cc(NC(=O)C(=O)N2C[C@@H](C)CC[C@H]2[C@H]2C[C@H](NC(=O)OC(C)(C)C)C2)cnc1NC(=O)OC(C)(C)C. The number of piperidine rings is 1. The number of alkyl carbamates (subject to hydrolysis) is 1. The van der Waals surface area contributed by atoms with E-state index in [2.05, 4.69) is 27.9 Å². The highest BCUT2D eigenvalue weighted by atomic mass is 16.6. The van der Waals surface area contributed by atoms with Crippen molar-refractivity contribution in [2.24, 2.45) is 11.8 Å². The van der Waals surface area contributed by atoms with Crippen molar-refractivity contribution in [2.75, 3.05) is 17.2 Å². The van der Waals surface area contributed by atoms with Crippen molar-refractivity contribution in [3.8, 4) is 0 Å². The van der Waals surface area contributed by atoms with Crippen LogP contribution < -0.4 is 16.0 Å². The number of carbonyl (C=O) groups excluding carboxylic acids is 4. The van der Waals surface area contributed by atoms with Gasteiger partial charge in [-0.1, -0.05) is 6.92 Å². The van der Waals surface area contributed by atoms with Crippen LogP contribution in [-0.4, -0.2) is 63.7 Å². The number of pyridine rings is 1. The Balaban J connectivity index is 1.58. The number of carbonyl (C=O) groups is 4. The molecule has 1 saturated heterocycles. The predicted molar refractivity (Wildman–Crippen MR) is 147 cm³/mol. The van der Waals surface area contributed by atoms with Crippen LogP contribution in [0, 0.1) is 18.8 Å². The lowest BCUT2D eigenvalue weighted by Crippen LogP contribution is -2.58. The number of nitrogens with one attached hydrogen (secondary N) is 3. The van der Waals surface area contributed by atoms with Crippen molar-refractivity contribution < 1.29 is 28.7 Å². The third-order valence-electron chi connectivity index (χ3n) is 6.71. The summed E-state index contributed by atoms with van der Waals surface area (Å²) in [4.78, 5) is 56.3. The van der Waals surface area contributed by atoms with Crippen LogP contribution in [0.5, 0.6) is 0 Å². The van der Waals surface area contributed by atoms with Crippen LogP contribution in [-0.2, 0) is 19.1 Å². The third kappa shape index (κ3) is 8.83. The normalized spacial score (nSPS) is 23.2. The average Bonchev–Trinajstić information content (AvgIpc) is 2.75. The number of ether oxygens (including phenoxy) is 2. The number of aromatic nitrogens is 1. The summed E-state index contributed by atoms with van der Waals surface area (Å²) in [7, 11) is 0. The van der Waals surface area contributed by atoms with Gasteiger partial charge in [0.25, 0.3) is 0 Å². The monoisotopic (exact) mass is 545 g/mol. The van der Waals surface area contributed by atoms with E-state index in [1.54, 1.807) is 38.7 Å². The van der Waals surface area contributed by atoms with Gasteiger partial charge in [-0.25, -0.2) is 14.6 Å². The minimum Gasteiger partial charge on any atom is -0.444 e. The maximum Gasteiger partial charge on any atom is 0.413 e. The molecule has 0 radical (unpaired) electrons. The molecular formula is C28H43N5O6. The molecule has 11 heteroatoms.